The first kappa shape index (κ1) is 23.1. The number of benzene rings is 3. The smallest absolute Gasteiger partial charge is 0.319 e. The number of non-ortho nitro benzene ring substituents is 1. The molecule has 0 aromatic heterocycles. The molecule has 184 valence electrons. The predicted molar refractivity (Wildman–Crippen MR) is 135 cm³/mol. The molecule has 9 heteroatoms. The highest BCUT2D eigenvalue weighted by atomic mass is 35.5. The van der Waals surface area contributed by atoms with Gasteiger partial charge in [-0.05, 0) is 35.8 Å². The number of esters is 1. The van der Waals surface area contributed by atoms with Gasteiger partial charge in [0.05, 0.1) is 33.4 Å². The topological polar surface area (TPSA) is 107 Å². The molecule has 2 heterocycles. The fraction of sp³-hybridized carbons (Fsp3) is 0.179. The van der Waals surface area contributed by atoms with Gasteiger partial charge in [0.15, 0.2) is 0 Å². The number of ether oxygens (including phenoxy) is 1. The number of nitro groups is 1. The molecule has 3 aliphatic rings. The van der Waals surface area contributed by atoms with Crippen LogP contribution in [-0.2, 0) is 14.4 Å². The van der Waals surface area contributed by atoms with Gasteiger partial charge < -0.3 is 4.74 Å². The molecule has 0 unspecified atom stereocenters. The lowest BCUT2D eigenvalue weighted by molar-refractivity contribution is -0.384. The summed E-state index contributed by atoms with van der Waals surface area (Å²) in [5, 5.41) is 11.4. The number of rotatable bonds is 3. The number of aryl methyl sites for hydroxylation is 1. The third kappa shape index (κ3) is 3.48. The summed E-state index contributed by atoms with van der Waals surface area (Å²) in [6.45, 7) is 1.89. The number of amides is 2. The highest BCUT2D eigenvalue weighted by Crippen LogP contribution is 2.55. The van der Waals surface area contributed by atoms with Gasteiger partial charge in [-0.15, -0.1) is 0 Å². The van der Waals surface area contributed by atoms with Crippen molar-refractivity contribution in [2.45, 2.75) is 12.8 Å². The molecule has 0 bridgehead atoms. The largest absolute Gasteiger partial charge is 0.425 e. The van der Waals surface area contributed by atoms with Gasteiger partial charge in [0.1, 0.15) is 5.75 Å². The minimum atomic E-state index is -1.06. The van der Waals surface area contributed by atoms with Crippen molar-refractivity contribution in [3.05, 3.63) is 105 Å². The first-order chi connectivity index (χ1) is 17.8. The maximum absolute atomic E-state index is 14.0. The standard InChI is InChI=1S/C28H19ClN2O6/c1-14-7-9-17-19-13-18(15-5-3-2-4-6-15)23-25(24(19)28(34)37-22(17)11-14)27(33)30(26(23)32)21-12-16(31(35)36)8-10-20(21)29/h2-13,18,23-25H,1H3/t18-,23+,24-,25+/m1/s1. The van der Waals surface area contributed by atoms with Gasteiger partial charge in [0.2, 0.25) is 11.8 Å². The van der Waals surface area contributed by atoms with Crippen molar-refractivity contribution in [1.82, 2.24) is 0 Å². The number of imide groups is 1. The molecule has 3 aromatic carbocycles. The van der Waals surface area contributed by atoms with Crippen LogP contribution in [-0.4, -0.2) is 22.7 Å². The molecular formula is C28H19ClN2O6. The van der Waals surface area contributed by atoms with Crippen LogP contribution in [0.2, 0.25) is 5.02 Å². The summed E-state index contributed by atoms with van der Waals surface area (Å²) < 4.78 is 5.65. The molecule has 1 fully saturated rings. The van der Waals surface area contributed by atoms with Crippen LogP contribution in [0.1, 0.15) is 22.6 Å². The molecular weight excluding hydrogens is 496 g/mol. The van der Waals surface area contributed by atoms with Crippen LogP contribution in [0.25, 0.3) is 5.57 Å². The number of nitrogens with zero attached hydrogens (tertiary/aromatic N) is 2. The first-order valence-corrected chi connectivity index (χ1v) is 12.0. The Labute approximate surface area is 216 Å². The van der Waals surface area contributed by atoms with Crippen molar-refractivity contribution >= 4 is 46.3 Å². The van der Waals surface area contributed by atoms with E-state index in [1.165, 1.54) is 12.1 Å². The number of nitro benzene ring substituents is 1. The van der Waals surface area contributed by atoms with E-state index < -0.39 is 46.4 Å². The van der Waals surface area contributed by atoms with Crippen molar-refractivity contribution in [3.63, 3.8) is 0 Å². The maximum atomic E-state index is 14.0. The Bertz CT molecular complexity index is 1550. The Morgan fingerprint density at radius 3 is 2.41 bits per heavy atom. The number of hydrogen-bond acceptors (Lipinski definition) is 6. The van der Waals surface area contributed by atoms with E-state index in [9.17, 15) is 24.5 Å². The van der Waals surface area contributed by atoms with Crippen LogP contribution in [0.5, 0.6) is 5.75 Å². The Morgan fingerprint density at radius 1 is 0.946 bits per heavy atom. The minimum Gasteiger partial charge on any atom is -0.425 e. The third-order valence-electron chi connectivity index (χ3n) is 7.32. The summed E-state index contributed by atoms with van der Waals surface area (Å²) in [6.07, 6.45) is 1.89. The molecule has 1 aliphatic carbocycles. The van der Waals surface area contributed by atoms with Crippen LogP contribution in [0.15, 0.2) is 72.8 Å². The van der Waals surface area contributed by atoms with E-state index in [0.717, 1.165) is 22.1 Å². The van der Waals surface area contributed by atoms with Gasteiger partial charge in [-0.1, -0.05) is 60.1 Å². The Balaban J connectivity index is 1.55. The average molecular weight is 515 g/mol. The molecule has 0 radical (unpaired) electrons. The summed E-state index contributed by atoms with van der Waals surface area (Å²) in [5.41, 5.74) is 2.67. The Hall–Kier alpha value is -4.30. The lowest BCUT2D eigenvalue weighted by Crippen LogP contribution is -2.42. The molecule has 6 rings (SSSR count). The van der Waals surface area contributed by atoms with Gasteiger partial charge in [-0.25, -0.2) is 4.90 Å². The molecule has 0 spiro atoms. The minimum absolute atomic E-state index is 0.0161. The zero-order chi connectivity index (χ0) is 26.0. The second-order valence-electron chi connectivity index (χ2n) is 9.41. The van der Waals surface area contributed by atoms with Crippen LogP contribution in [0.4, 0.5) is 11.4 Å². The molecule has 0 saturated carbocycles. The van der Waals surface area contributed by atoms with Gasteiger partial charge in [0, 0.05) is 23.6 Å². The summed E-state index contributed by atoms with van der Waals surface area (Å²) in [6, 6.07) is 18.4. The normalized spacial score (nSPS) is 24.1. The Kier molecular flexibility index (Phi) is 5.24. The van der Waals surface area contributed by atoms with Crippen molar-refractivity contribution in [2.24, 2.45) is 17.8 Å². The van der Waals surface area contributed by atoms with Crippen LogP contribution in [0, 0.1) is 34.8 Å². The molecule has 4 atom stereocenters. The highest BCUT2D eigenvalue weighted by molar-refractivity contribution is 6.36. The molecule has 1 saturated heterocycles. The highest BCUT2D eigenvalue weighted by Gasteiger charge is 2.60. The van der Waals surface area contributed by atoms with E-state index in [1.54, 1.807) is 6.07 Å². The second-order valence-corrected chi connectivity index (χ2v) is 9.82. The number of allylic oxidation sites excluding steroid dienone is 1. The number of carbonyl (C=O) groups is 3. The molecule has 2 aliphatic heterocycles. The van der Waals surface area contributed by atoms with Gasteiger partial charge in [-0.2, -0.15) is 0 Å². The van der Waals surface area contributed by atoms with Gasteiger partial charge in [0.25, 0.3) is 5.69 Å². The van der Waals surface area contributed by atoms with E-state index in [1.807, 2.05) is 55.5 Å². The van der Waals surface area contributed by atoms with Crippen LogP contribution in [0.3, 0.4) is 0 Å². The van der Waals surface area contributed by atoms with Crippen LogP contribution < -0.4 is 9.64 Å². The monoisotopic (exact) mass is 514 g/mol. The van der Waals surface area contributed by atoms with E-state index in [0.29, 0.717) is 16.9 Å². The fourth-order valence-corrected chi connectivity index (χ4v) is 5.89. The molecule has 37 heavy (non-hydrogen) atoms. The lowest BCUT2D eigenvalue weighted by atomic mass is 9.64. The summed E-state index contributed by atoms with van der Waals surface area (Å²) in [7, 11) is 0. The Morgan fingerprint density at radius 2 is 1.68 bits per heavy atom. The zero-order valence-electron chi connectivity index (χ0n) is 19.5. The summed E-state index contributed by atoms with van der Waals surface area (Å²) in [4.78, 5) is 52.9. The van der Waals surface area contributed by atoms with Crippen molar-refractivity contribution in [1.29, 1.82) is 0 Å². The maximum Gasteiger partial charge on any atom is 0.319 e. The first-order valence-electron chi connectivity index (χ1n) is 11.7. The predicted octanol–water partition coefficient (Wildman–Crippen LogP) is 5.08. The van der Waals surface area contributed by atoms with Crippen LogP contribution >= 0.6 is 11.6 Å². The quantitative estimate of drug-likeness (QED) is 0.159. The third-order valence-corrected chi connectivity index (χ3v) is 7.64. The number of carbonyl (C=O) groups excluding carboxylic acids is 3. The number of halogens is 1. The second kappa shape index (κ2) is 8.38. The summed E-state index contributed by atoms with van der Waals surface area (Å²) >= 11 is 6.34. The molecule has 8 nitrogen and oxygen atoms in total. The summed E-state index contributed by atoms with van der Waals surface area (Å²) in [5.74, 6) is -4.90. The van der Waals surface area contributed by atoms with Crippen molar-refractivity contribution in [3.8, 4) is 5.75 Å². The van der Waals surface area contributed by atoms with Gasteiger partial charge >= 0.3 is 5.97 Å². The zero-order valence-corrected chi connectivity index (χ0v) is 20.2. The van der Waals surface area contributed by atoms with Crippen molar-refractivity contribution in [2.75, 3.05) is 4.90 Å². The number of fused-ring (bicyclic) bond motifs is 5. The van der Waals surface area contributed by atoms with Crippen molar-refractivity contribution < 1.29 is 24.0 Å². The number of hydrogen-bond donors (Lipinski definition) is 0. The fourth-order valence-electron chi connectivity index (χ4n) is 5.69. The average Bonchev–Trinajstić information content (AvgIpc) is 3.14. The number of anilines is 1. The van der Waals surface area contributed by atoms with E-state index >= 15 is 0 Å². The SMILES string of the molecule is Cc1ccc2c(c1)OC(=O)[C@@H]1C2=C[C@H](c2ccccc2)[C@@H]2C(=O)N(c3cc([N+](=O)[O-])ccc3Cl)C(=O)[C@H]12. The van der Waals surface area contributed by atoms with E-state index in [2.05, 4.69) is 0 Å². The molecule has 0 N–H and O–H groups in total. The van der Waals surface area contributed by atoms with Gasteiger partial charge in [-0.3, -0.25) is 24.5 Å². The molecule has 2 amide bonds. The van der Waals surface area contributed by atoms with E-state index in [4.69, 9.17) is 16.3 Å². The van der Waals surface area contributed by atoms with E-state index in [-0.39, 0.29) is 16.4 Å². The lowest BCUT2D eigenvalue weighted by Gasteiger charge is -2.38. The molecule has 3 aromatic rings.